The van der Waals surface area contributed by atoms with E-state index in [0.29, 0.717) is 19.9 Å². The minimum atomic E-state index is 0.486. The fraction of sp³-hybridized carbons (Fsp3) is 0.400. The Morgan fingerprint density at radius 2 is 2.07 bits per heavy atom. The third kappa shape index (κ3) is 1.90. The molecular weight excluding hydrogens is 182 g/mol. The molecule has 0 aliphatic carbocycles. The molecule has 0 bridgehead atoms. The summed E-state index contributed by atoms with van der Waals surface area (Å²) < 4.78 is 16.2. The van der Waals surface area contributed by atoms with Crippen LogP contribution in [0.4, 0.5) is 0 Å². The SMILES string of the molecule is CNCOc1ccc2c(c1)OCCO2. The van der Waals surface area contributed by atoms with Crippen molar-refractivity contribution in [3.63, 3.8) is 0 Å². The molecule has 0 atom stereocenters. The van der Waals surface area contributed by atoms with Gasteiger partial charge in [-0.1, -0.05) is 0 Å². The molecule has 1 heterocycles. The van der Waals surface area contributed by atoms with Gasteiger partial charge in [0.15, 0.2) is 11.5 Å². The first-order valence-corrected chi connectivity index (χ1v) is 4.57. The van der Waals surface area contributed by atoms with Gasteiger partial charge in [0.05, 0.1) is 0 Å². The summed E-state index contributed by atoms with van der Waals surface area (Å²) in [5, 5.41) is 2.90. The van der Waals surface area contributed by atoms with E-state index < -0.39 is 0 Å². The van der Waals surface area contributed by atoms with Crippen LogP contribution in [0.1, 0.15) is 0 Å². The molecule has 76 valence electrons. The topological polar surface area (TPSA) is 39.7 Å². The number of fused-ring (bicyclic) bond motifs is 1. The lowest BCUT2D eigenvalue weighted by atomic mass is 10.3. The molecule has 1 aliphatic rings. The molecule has 14 heavy (non-hydrogen) atoms. The van der Waals surface area contributed by atoms with Gasteiger partial charge in [-0.3, -0.25) is 5.32 Å². The van der Waals surface area contributed by atoms with E-state index in [2.05, 4.69) is 5.32 Å². The summed E-state index contributed by atoms with van der Waals surface area (Å²) in [5.74, 6) is 2.32. The minimum Gasteiger partial charge on any atom is -0.486 e. The van der Waals surface area contributed by atoms with Gasteiger partial charge in [-0.05, 0) is 19.2 Å². The summed E-state index contributed by atoms with van der Waals surface area (Å²) >= 11 is 0. The molecule has 0 saturated heterocycles. The third-order valence-corrected chi connectivity index (χ3v) is 1.90. The van der Waals surface area contributed by atoms with Gasteiger partial charge in [0.25, 0.3) is 0 Å². The van der Waals surface area contributed by atoms with Crippen LogP contribution in [0.25, 0.3) is 0 Å². The second-order valence-corrected chi connectivity index (χ2v) is 2.95. The van der Waals surface area contributed by atoms with Crippen molar-refractivity contribution >= 4 is 0 Å². The molecule has 0 aromatic heterocycles. The molecule has 0 amide bonds. The van der Waals surface area contributed by atoms with Crippen LogP contribution >= 0.6 is 0 Å². The summed E-state index contributed by atoms with van der Waals surface area (Å²) in [7, 11) is 1.83. The van der Waals surface area contributed by atoms with Crippen LogP contribution in [0.2, 0.25) is 0 Å². The van der Waals surface area contributed by atoms with Gasteiger partial charge in [-0.15, -0.1) is 0 Å². The first-order valence-electron chi connectivity index (χ1n) is 4.57. The predicted molar refractivity (Wildman–Crippen MR) is 52.0 cm³/mol. The second kappa shape index (κ2) is 4.19. The van der Waals surface area contributed by atoms with Crippen molar-refractivity contribution in [1.29, 1.82) is 0 Å². The quantitative estimate of drug-likeness (QED) is 0.731. The van der Waals surface area contributed by atoms with Crippen molar-refractivity contribution in [1.82, 2.24) is 5.32 Å². The van der Waals surface area contributed by atoms with Crippen LogP contribution in [0.5, 0.6) is 17.2 Å². The van der Waals surface area contributed by atoms with Crippen LogP contribution in [0, 0.1) is 0 Å². The highest BCUT2D eigenvalue weighted by molar-refractivity contribution is 5.46. The fourth-order valence-electron chi connectivity index (χ4n) is 1.27. The van der Waals surface area contributed by atoms with Gasteiger partial charge in [-0.2, -0.15) is 0 Å². The zero-order valence-electron chi connectivity index (χ0n) is 8.08. The zero-order chi connectivity index (χ0) is 9.80. The van der Waals surface area contributed by atoms with E-state index in [1.54, 1.807) is 0 Å². The van der Waals surface area contributed by atoms with E-state index >= 15 is 0 Å². The van der Waals surface area contributed by atoms with E-state index in [4.69, 9.17) is 14.2 Å². The predicted octanol–water partition coefficient (Wildman–Crippen LogP) is 1.01. The van der Waals surface area contributed by atoms with E-state index in [9.17, 15) is 0 Å². The Hall–Kier alpha value is -1.42. The van der Waals surface area contributed by atoms with Crippen molar-refractivity contribution in [2.24, 2.45) is 0 Å². The minimum absolute atomic E-state index is 0.486. The van der Waals surface area contributed by atoms with Crippen LogP contribution in [0.3, 0.4) is 0 Å². The molecule has 4 heteroatoms. The molecule has 1 aromatic rings. The molecule has 1 aliphatic heterocycles. The van der Waals surface area contributed by atoms with Crippen molar-refractivity contribution < 1.29 is 14.2 Å². The first kappa shape index (κ1) is 9.15. The van der Waals surface area contributed by atoms with E-state index in [1.165, 1.54) is 0 Å². The second-order valence-electron chi connectivity index (χ2n) is 2.95. The fourth-order valence-corrected chi connectivity index (χ4v) is 1.27. The Morgan fingerprint density at radius 3 is 2.86 bits per heavy atom. The Bertz CT molecular complexity index is 314. The summed E-state index contributed by atoms with van der Waals surface area (Å²) in [6, 6.07) is 5.57. The molecule has 1 aromatic carbocycles. The molecule has 1 N–H and O–H groups in total. The summed E-state index contributed by atoms with van der Waals surface area (Å²) in [6.07, 6.45) is 0. The molecule has 2 rings (SSSR count). The molecule has 4 nitrogen and oxygen atoms in total. The Labute approximate surface area is 82.8 Å². The van der Waals surface area contributed by atoms with E-state index in [-0.39, 0.29) is 0 Å². The highest BCUT2D eigenvalue weighted by Gasteiger charge is 2.11. The van der Waals surface area contributed by atoms with Crippen LogP contribution in [-0.4, -0.2) is 27.0 Å². The number of rotatable bonds is 3. The molecule has 0 fully saturated rings. The normalized spacial score (nSPS) is 13.8. The number of hydrogen-bond donors (Lipinski definition) is 1. The van der Waals surface area contributed by atoms with E-state index in [0.717, 1.165) is 17.2 Å². The number of ether oxygens (including phenoxy) is 3. The lowest BCUT2D eigenvalue weighted by Gasteiger charge is -2.18. The van der Waals surface area contributed by atoms with Crippen molar-refractivity contribution in [3.05, 3.63) is 18.2 Å². The maximum Gasteiger partial charge on any atom is 0.165 e. The number of benzene rings is 1. The highest BCUT2D eigenvalue weighted by Crippen LogP contribution is 2.33. The number of hydrogen-bond acceptors (Lipinski definition) is 4. The summed E-state index contributed by atoms with van der Waals surface area (Å²) in [6.45, 7) is 1.70. The summed E-state index contributed by atoms with van der Waals surface area (Å²) in [5.41, 5.74) is 0. The van der Waals surface area contributed by atoms with Gasteiger partial charge in [-0.25, -0.2) is 0 Å². The summed E-state index contributed by atoms with van der Waals surface area (Å²) in [4.78, 5) is 0. The molecular formula is C10H13NO3. The van der Waals surface area contributed by atoms with Crippen LogP contribution in [0.15, 0.2) is 18.2 Å². The molecule has 0 saturated carbocycles. The van der Waals surface area contributed by atoms with Crippen LogP contribution in [-0.2, 0) is 0 Å². The van der Waals surface area contributed by atoms with Crippen molar-refractivity contribution in [3.8, 4) is 17.2 Å². The van der Waals surface area contributed by atoms with E-state index in [1.807, 2.05) is 25.2 Å². The Morgan fingerprint density at radius 1 is 1.29 bits per heavy atom. The molecule has 0 spiro atoms. The van der Waals surface area contributed by atoms with Gasteiger partial charge in [0.2, 0.25) is 0 Å². The van der Waals surface area contributed by atoms with Crippen LogP contribution < -0.4 is 19.5 Å². The monoisotopic (exact) mass is 195 g/mol. The average Bonchev–Trinajstić information content (AvgIpc) is 2.26. The lowest BCUT2D eigenvalue weighted by molar-refractivity contribution is 0.170. The smallest absolute Gasteiger partial charge is 0.165 e. The Balaban J connectivity index is 2.12. The maximum absolute atomic E-state index is 5.42. The van der Waals surface area contributed by atoms with Gasteiger partial charge < -0.3 is 14.2 Å². The molecule has 0 unspecified atom stereocenters. The standard InChI is InChI=1S/C10H13NO3/c1-11-7-14-8-2-3-9-10(6-8)13-5-4-12-9/h2-3,6,11H,4-5,7H2,1H3. The highest BCUT2D eigenvalue weighted by atomic mass is 16.6. The van der Waals surface area contributed by atoms with Gasteiger partial charge in [0.1, 0.15) is 25.7 Å². The van der Waals surface area contributed by atoms with Gasteiger partial charge in [0, 0.05) is 6.07 Å². The third-order valence-electron chi connectivity index (χ3n) is 1.90. The van der Waals surface area contributed by atoms with Gasteiger partial charge >= 0.3 is 0 Å². The van der Waals surface area contributed by atoms with Crippen molar-refractivity contribution in [2.75, 3.05) is 27.0 Å². The maximum atomic E-state index is 5.42. The largest absolute Gasteiger partial charge is 0.486 e. The number of nitrogens with one attached hydrogen (secondary N) is 1. The molecule has 0 radical (unpaired) electrons. The lowest BCUT2D eigenvalue weighted by Crippen LogP contribution is -2.16. The zero-order valence-corrected chi connectivity index (χ0v) is 8.08. The first-order chi connectivity index (χ1) is 6.90. The average molecular weight is 195 g/mol. The Kier molecular flexibility index (Phi) is 2.74. The van der Waals surface area contributed by atoms with Crippen molar-refractivity contribution in [2.45, 2.75) is 0 Å².